The highest BCUT2D eigenvalue weighted by Gasteiger charge is 2.35. The number of Topliss-reactive ketones (excluding diaryl/α,β-unsaturated/α-hetero) is 1. The Bertz CT molecular complexity index is 788. The molecule has 2 aromatic rings. The molecule has 0 radical (unpaired) electrons. The molecule has 3 heteroatoms. The number of benzene rings is 2. The van der Waals surface area contributed by atoms with Gasteiger partial charge in [0.2, 0.25) is 0 Å². The van der Waals surface area contributed by atoms with Crippen LogP contribution in [0.25, 0.3) is 11.1 Å². The minimum absolute atomic E-state index is 0.0629. The van der Waals surface area contributed by atoms with Gasteiger partial charge in [0, 0.05) is 17.5 Å². The van der Waals surface area contributed by atoms with E-state index in [1.807, 2.05) is 36.4 Å². The van der Waals surface area contributed by atoms with Gasteiger partial charge in [-0.2, -0.15) is 0 Å². The number of oxime groups is 1. The van der Waals surface area contributed by atoms with Crippen LogP contribution in [0.5, 0.6) is 0 Å². The highest BCUT2D eigenvalue weighted by Crippen LogP contribution is 2.41. The summed E-state index contributed by atoms with van der Waals surface area (Å²) >= 11 is 0. The predicted octanol–water partition coefficient (Wildman–Crippen LogP) is 4.42. The molecule has 112 valence electrons. The minimum atomic E-state index is -0.0714. The molecular formula is C19H19NO2. The average molecular weight is 293 g/mol. The molecule has 0 spiro atoms. The van der Waals surface area contributed by atoms with E-state index >= 15 is 0 Å². The summed E-state index contributed by atoms with van der Waals surface area (Å²) in [4.78, 5) is 11.8. The molecule has 1 aliphatic carbocycles. The molecule has 0 atom stereocenters. The van der Waals surface area contributed by atoms with Crippen molar-refractivity contribution in [2.45, 2.75) is 32.6 Å². The summed E-state index contributed by atoms with van der Waals surface area (Å²) in [5.74, 6) is 0.0629. The molecular weight excluding hydrogens is 274 g/mol. The van der Waals surface area contributed by atoms with E-state index < -0.39 is 0 Å². The fourth-order valence-corrected chi connectivity index (χ4v) is 3.26. The minimum Gasteiger partial charge on any atom is -0.411 e. The maximum absolute atomic E-state index is 11.8. The first-order chi connectivity index (χ1) is 10.4. The van der Waals surface area contributed by atoms with Crippen LogP contribution < -0.4 is 0 Å². The third-order valence-electron chi connectivity index (χ3n) is 4.41. The molecule has 1 N–H and O–H groups in total. The van der Waals surface area contributed by atoms with Gasteiger partial charge in [0.05, 0.1) is 5.71 Å². The van der Waals surface area contributed by atoms with Crippen LogP contribution in [-0.2, 0) is 5.41 Å². The molecule has 0 saturated heterocycles. The van der Waals surface area contributed by atoms with Gasteiger partial charge < -0.3 is 5.21 Å². The van der Waals surface area contributed by atoms with Crippen molar-refractivity contribution in [3.8, 4) is 11.1 Å². The van der Waals surface area contributed by atoms with Crippen molar-refractivity contribution in [1.82, 2.24) is 0 Å². The number of carbonyl (C=O) groups is 1. The Hall–Kier alpha value is -2.42. The Labute approximate surface area is 130 Å². The summed E-state index contributed by atoms with van der Waals surface area (Å²) in [6.45, 7) is 5.88. The molecule has 0 amide bonds. The number of rotatable bonds is 2. The Morgan fingerprint density at radius 2 is 1.86 bits per heavy atom. The summed E-state index contributed by atoms with van der Waals surface area (Å²) in [6.07, 6.45) is 0.719. The monoisotopic (exact) mass is 293 g/mol. The molecule has 0 bridgehead atoms. The van der Waals surface area contributed by atoms with E-state index in [1.54, 1.807) is 6.92 Å². The average Bonchev–Trinajstić information content (AvgIpc) is 2.78. The van der Waals surface area contributed by atoms with Crippen LogP contribution in [0.15, 0.2) is 47.6 Å². The highest BCUT2D eigenvalue weighted by molar-refractivity contribution is 6.06. The number of carbonyl (C=O) groups excluding carboxylic acids is 1. The van der Waals surface area contributed by atoms with Gasteiger partial charge >= 0.3 is 0 Å². The smallest absolute Gasteiger partial charge is 0.160 e. The van der Waals surface area contributed by atoms with Crippen LogP contribution in [-0.4, -0.2) is 16.7 Å². The zero-order valence-electron chi connectivity index (χ0n) is 13.1. The van der Waals surface area contributed by atoms with Gasteiger partial charge in [-0.1, -0.05) is 55.4 Å². The lowest BCUT2D eigenvalue weighted by Crippen LogP contribution is -2.12. The first-order valence-corrected chi connectivity index (χ1v) is 7.40. The normalized spacial score (nSPS) is 17.5. The number of hydrogen-bond donors (Lipinski definition) is 1. The van der Waals surface area contributed by atoms with E-state index in [1.165, 1.54) is 0 Å². The van der Waals surface area contributed by atoms with Crippen LogP contribution >= 0.6 is 0 Å². The van der Waals surface area contributed by atoms with E-state index in [4.69, 9.17) is 0 Å². The third kappa shape index (κ3) is 2.23. The van der Waals surface area contributed by atoms with Crippen LogP contribution in [0.3, 0.4) is 0 Å². The van der Waals surface area contributed by atoms with Gasteiger partial charge in [0.15, 0.2) is 5.78 Å². The number of nitrogens with zero attached hydrogens (tertiary/aromatic N) is 1. The van der Waals surface area contributed by atoms with E-state index in [2.05, 4.69) is 25.1 Å². The number of ketones is 1. The first kappa shape index (κ1) is 14.5. The van der Waals surface area contributed by atoms with Gasteiger partial charge in [-0.15, -0.1) is 0 Å². The van der Waals surface area contributed by atoms with Crippen LogP contribution in [0, 0.1) is 0 Å². The van der Waals surface area contributed by atoms with Crippen molar-refractivity contribution in [2.75, 3.05) is 0 Å². The molecule has 0 saturated carbocycles. The topological polar surface area (TPSA) is 49.7 Å². The van der Waals surface area contributed by atoms with Gasteiger partial charge in [0.1, 0.15) is 0 Å². The molecule has 3 rings (SSSR count). The Balaban J connectivity index is 2.19. The van der Waals surface area contributed by atoms with Gasteiger partial charge in [-0.05, 0) is 35.1 Å². The summed E-state index contributed by atoms with van der Waals surface area (Å²) in [6, 6.07) is 13.8. The molecule has 1 aliphatic rings. The van der Waals surface area contributed by atoms with E-state index in [0.717, 1.165) is 39.9 Å². The maximum atomic E-state index is 11.8. The molecule has 3 nitrogen and oxygen atoms in total. The second-order valence-electron chi connectivity index (χ2n) is 6.47. The number of fused-ring (bicyclic) bond motifs is 1. The molecule has 22 heavy (non-hydrogen) atoms. The third-order valence-corrected chi connectivity index (χ3v) is 4.41. The second-order valence-corrected chi connectivity index (χ2v) is 6.47. The van der Waals surface area contributed by atoms with Crippen molar-refractivity contribution in [3.05, 3.63) is 59.2 Å². The second kappa shape index (κ2) is 5.09. The zero-order chi connectivity index (χ0) is 15.9. The summed E-state index contributed by atoms with van der Waals surface area (Å²) in [5.41, 5.74) is 5.52. The molecule has 0 heterocycles. The molecule has 2 aromatic carbocycles. The van der Waals surface area contributed by atoms with Crippen molar-refractivity contribution >= 4 is 11.5 Å². The zero-order valence-corrected chi connectivity index (χ0v) is 13.1. The highest BCUT2D eigenvalue weighted by atomic mass is 16.4. The lowest BCUT2D eigenvalue weighted by molar-refractivity contribution is 0.101. The SMILES string of the molecule is CC(=O)c1ccccc1-c1ccc2c(c1)C(C)(C)C/C2=N\O. The van der Waals surface area contributed by atoms with Crippen molar-refractivity contribution in [1.29, 1.82) is 0 Å². The first-order valence-electron chi connectivity index (χ1n) is 7.40. The Morgan fingerprint density at radius 3 is 2.55 bits per heavy atom. The van der Waals surface area contributed by atoms with E-state index in [-0.39, 0.29) is 11.2 Å². The molecule has 0 fully saturated rings. The Kier molecular flexibility index (Phi) is 3.36. The Morgan fingerprint density at radius 1 is 1.14 bits per heavy atom. The van der Waals surface area contributed by atoms with Gasteiger partial charge in [-0.3, -0.25) is 4.79 Å². The van der Waals surface area contributed by atoms with Crippen molar-refractivity contribution in [2.24, 2.45) is 5.16 Å². The van der Waals surface area contributed by atoms with Gasteiger partial charge in [-0.25, -0.2) is 0 Å². The van der Waals surface area contributed by atoms with Gasteiger partial charge in [0.25, 0.3) is 0 Å². The molecule has 0 aromatic heterocycles. The van der Waals surface area contributed by atoms with Crippen molar-refractivity contribution in [3.63, 3.8) is 0 Å². The molecule has 0 unspecified atom stereocenters. The lowest BCUT2D eigenvalue weighted by Gasteiger charge is -2.19. The van der Waals surface area contributed by atoms with Crippen LogP contribution in [0.2, 0.25) is 0 Å². The summed E-state index contributed by atoms with van der Waals surface area (Å²) in [7, 11) is 0. The largest absolute Gasteiger partial charge is 0.411 e. The fraction of sp³-hybridized carbons (Fsp3) is 0.263. The van der Waals surface area contributed by atoms with E-state index in [0.29, 0.717) is 0 Å². The quantitative estimate of drug-likeness (QED) is 0.506. The predicted molar refractivity (Wildman–Crippen MR) is 87.8 cm³/mol. The maximum Gasteiger partial charge on any atom is 0.160 e. The fourth-order valence-electron chi connectivity index (χ4n) is 3.26. The number of hydrogen-bond acceptors (Lipinski definition) is 3. The van der Waals surface area contributed by atoms with Crippen molar-refractivity contribution < 1.29 is 10.0 Å². The lowest BCUT2D eigenvalue weighted by atomic mass is 9.84. The standard InChI is InChI=1S/C19H19NO2/c1-12(21)14-6-4-5-7-15(14)13-8-9-16-17(10-13)19(2,3)11-18(16)20-22/h4-10,22H,11H2,1-3H3/b20-18+. The van der Waals surface area contributed by atoms with E-state index in [9.17, 15) is 10.0 Å². The van der Waals surface area contributed by atoms with Crippen LogP contribution in [0.4, 0.5) is 0 Å². The van der Waals surface area contributed by atoms with Crippen LogP contribution in [0.1, 0.15) is 48.7 Å². The summed E-state index contributed by atoms with van der Waals surface area (Å²) in [5, 5.41) is 12.6. The summed E-state index contributed by atoms with van der Waals surface area (Å²) < 4.78 is 0. The molecule has 0 aliphatic heterocycles.